The third kappa shape index (κ3) is 7.33. The van der Waals surface area contributed by atoms with Crippen molar-refractivity contribution in [3.05, 3.63) is 12.2 Å². The molecule has 0 aromatic rings. The van der Waals surface area contributed by atoms with Gasteiger partial charge in [0, 0.05) is 0 Å². The predicted molar refractivity (Wildman–Crippen MR) is 73.4 cm³/mol. The van der Waals surface area contributed by atoms with Crippen molar-refractivity contribution in [2.75, 3.05) is 0 Å². The highest BCUT2D eigenvalue weighted by atomic mass is 16.6. The highest BCUT2D eigenvalue weighted by Gasteiger charge is 2.25. The molecule has 0 fully saturated rings. The number of nitrogens with one attached hydrogen (secondary N) is 1. The van der Waals surface area contributed by atoms with Crippen molar-refractivity contribution in [2.24, 2.45) is 5.92 Å². The summed E-state index contributed by atoms with van der Waals surface area (Å²) in [7, 11) is 0. The van der Waals surface area contributed by atoms with Crippen LogP contribution >= 0.6 is 0 Å². The normalized spacial score (nSPS) is 15.1. The molecule has 18 heavy (non-hydrogen) atoms. The van der Waals surface area contributed by atoms with E-state index in [4.69, 9.17) is 4.74 Å². The molecule has 0 saturated carbocycles. The number of carbonyl (C=O) groups is 1. The Kier molecular flexibility index (Phi) is 6.39. The van der Waals surface area contributed by atoms with Gasteiger partial charge in [0.2, 0.25) is 0 Å². The second-order valence-electron chi connectivity index (χ2n) is 6.17. The maximum atomic E-state index is 11.7. The summed E-state index contributed by atoms with van der Waals surface area (Å²) >= 11 is 0. The number of rotatable bonds is 5. The molecule has 0 aliphatic rings. The molecule has 0 aliphatic heterocycles. The fraction of sp³-hybridized carbons (Fsp3) is 0.786. The van der Waals surface area contributed by atoms with Gasteiger partial charge in [-0.05, 0) is 40.0 Å². The molecule has 0 radical (unpaired) electrons. The molecule has 106 valence electrons. The van der Waals surface area contributed by atoms with Gasteiger partial charge in [0.05, 0.1) is 12.1 Å². The first-order valence-electron chi connectivity index (χ1n) is 6.36. The van der Waals surface area contributed by atoms with Crippen LogP contribution in [0.4, 0.5) is 4.79 Å². The van der Waals surface area contributed by atoms with Crippen LogP contribution < -0.4 is 5.32 Å². The van der Waals surface area contributed by atoms with Crippen LogP contribution in [0.25, 0.3) is 0 Å². The highest BCUT2D eigenvalue weighted by Crippen LogP contribution is 2.14. The van der Waals surface area contributed by atoms with Gasteiger partial charge in [0.25, 0.3) is 0 Å². The Labute approximate surface area is 110 Å². The van der Waals surface area contributed by atoms with Crippen molar-refractivity contribution in [3.8, 4) is 0 Å². The van der Waals surface area contributed by atoms with E-state index in [2.05, 4.69) is 11.9 Å². The average molecular weight is 257 g/mol. The zero-order valence-electron chi connectivity index (χ0n) is 12.4. The van der Waals surface area contributed by atoms with Crippen LogP contribution in [0.15, 0.2) is 12.2 Å². The monoisotopic (exact) mass is 257 g/mol. The van der Waals surface area contributed by atoms with Crippen molar-refractivity contribution in [3.63, 3.8) is 0 Å². The molecule has 0 bridgehead atoms. The van der Waals surface area contributed by atoms with Crippen molar-refractivity contribution in [1.29, 1.82) is 0 Å². The summed E-state index contributed by atoms with van der Waals surface area (Å²) in [4.78, 5) is 11.7. The molecule has 0 spiro atoms. The van der Waals surface area contributed by atoms with E-state index in [0.29, 0.717) is 17.9 Å². The number of amides is 1. The summed E-state index contributed by atoms with van der Waals surface area (Å²) in [6.07, 6.45) is -0.582. The smallest absolute Gasteiger partial charge is 0.407 e. The van der Waals surface area contributed by atoms with Crippen LogP contribution in [-0.2, 0) is 4.74 Å². The Morgan fingerprint density at radius 1 is 1.39 bits per heavy atom. The van der Waals surface area contributed by atoms with Gasteiger partial charge in [-0.15, -0.1) is 0 Å². The van der Waals surface area contributed by atoms with E-state index in [-0.39, 0.29) is 6.04 Å². The van der Waals surface area contributed by atoms with E-state index in [9.17, 15) is 9.90 Å². The van der Waals surface area contributed by atoms with E-state index in [1.54, 1.807) is 27.7 Å². The van der Waals surface area contributed by atoms with Crippen molar-refractivity contribution >= 4 is 6.09 Å². The molecular formula is C14H27NO3. The van der Waals surface area contributed by atoms with Crippen LogP contribution in [-0.4, -0.2) is 28.9 Å². The zero-order valence-corrected chi connectivity index (χ0v) is 12.4. The standard InChI is InChI=1S/C14H27NO3/c1-9(2)8-11(12(16)10(3)4)15-13(17)18-14(5,6)7/h9,11-12,16H,3,8H2,1-2,4-7H3,(H,15,17)/t11?,12-/m0/s1. The number of hydrogen-bond donors (Lipinski definition) is 2. The second-order valence-corrected chi connectivity index (χ2v) is 6.17. The van der Waals surface area contributed by atoms with Crippen molar-refractivity contribution < 1.29 is 14.6 Å². The fourth-order valence-electron chi connectivity index (χ4n) is 1.58. The minimum Gasteiger partial charge on any atom is -0.444 e. The molecule has 2 atom stereocenters. The number of carbonyl (C=O) groups excluding carboxylic acids is 1. The second kappa shape index (κ2) is 6.78. The summed E-state index contributed by atoms with van der Waals surface area (Å²) in [5, 5.41) is 12.7. The molecule has 0 saturated heterocycles. The lowest BCUT2D eigenvalue weighted by Gasteiger charge is -2.28. The molecule has 0 aliphatic carbocycles. The molecule has 2 N–H and O–H groups in total. The van der Waals surface area contributed by atoms with E-state index in [1.165, 1.54) is 0 Å². The SMILES string of the molecule is C=C(C)[C@H](O)C(CC(C)C)NC(=O)OC(C)(C)C. The van der Waals surface area contributed by atoms with Crippen molar-refractivity contribution in [2.45, 2.75) is 65.7 Å². The van der Waals surface area contributed by atoms with Gasteiger partial charge in [-0.1, -0.05) is 26.0 Å². The molecular weight excluding hydrogens is 230 g/mol. The van der Waals surface area contributed by atoms with Gasteiger partial charge >= 0.3 is 6.09 Å². The van der Waals surface area contributed by atoms with Crippen LogP contribution in [0, 0.1) is 5.92 Å². The summed E-state index contributed by atoms with van der Waals surface area (Å²) in [5.41, 5.74) is 0.0948. The Balaban J connectivity index is 4.59. The Hall–Kier alpha value is -1.03. The molecule has 0 aromatic heterocycles. The molecule has 4 nitrogen and oxygen atoms in total. The topological polar surface area (TPSA) is 58.6 Å². The minimum absolute atomic E-state index is 0.360. The summed E-state index contributed by atoms with van der Waals surface area (Å²) in [5.74, 6) is 0.360. The van der Waals surface area contributed by atoms with Gasteiger partial charge in [0.1, 0.15) is 5.60 Å². The molecule has 0 heterocycles. The van der Waals surface area contributed by atoms with Gasteiger partial charge in [-0.3, -0.25) is 0 Å². The van der Waals surface area contributed by atoms with E-state index < -0.39 is 17.8 Å². The number of aliphatic hydroxyl groups is 1. The first kappa shape index (κ1) is 17.0. The van der Waals surface area contributed by atoms with Crippen LogP contribution in [0.5, 0.6) is 0 Å². The predicted octanol–water partition coefficient (Wildman–Crippen LogP) is 2.86. The average Bonchev–Trinajstić information content (AvgIpc) is 2.11. The first-order chi connectivity index (χ1) is 8.03. The van der Waals surface area contributed by atoms with Crippen LogP contribution in [0.3, 0.4) is 0 Å². The third-order valence-electron chi connectivity index (χ3n) is 2.31. The van der Waals surface area contributed by atoms with Crippen LogP contribution in [0.1, 0.15) is 48.0 Å². The molecule has 0 rings (SSSR count). The number of aliphatic hydroxyl groups excluding tert-OH is 1. The maximum absolute atomic E-state index is 11.7. The molecule has 0 aromatic carbocycles. The van der Waals surface area contributed by atoms with Gasteiger partial charge in [-0.2, -0.15) is 0 Å². The Morgan fingerprint density at radius 3 is 2.22 bits per heavy atom. The lowest BCUT2D eigenvalue weighted by atomic mass is 9.96. The molecule has 4 heteroatoms. The van der Waals surface area contributed by atoms with E-state index >= 15 is 0 Å². The highest BCUT2D eigenvalue weighted by molar-refractivity contribution is 5.68. The Bertz CT molecular complexity index is 292. The Morgan fingerprint density at radius 2 is 1.89 bits per heavy atom. The summed E-state index contributed by atoms with van der Waals surface area (Å²) in [6, 6.07) is -0.364. The van der Waals surface area contributed by atoms with E-state index in [1.807, 2.05) is 13.8 Å². The number of hydrogen-bond acceptors (Lipinski definition) is 3. The summed E-state index contributed by atoms with van der Waals surface area (Å²) < 4.78 is 5.19. The minimum atomic E-state index is -0.750. The lowest BCUT2D eigenvalue weighted by molar-refractivity contribution is 0.0435. The van der Waals surface area contributed by atoms with Gasteiger partial charge in [-0.25, -0.2) is 4.79 Å². The molecule has 1 amide bonds. The summed E-state index contributed by atoms with van der Waals surface area (Å²) in [6.45, 7) is 15.0. The van der Waals surface area contributed by atoms with E-state index in [0.717, 1.165) is 0 Å². The third-order valence-corrected chi connectivity index (χ3v) is 2.31. The first-order valence-corrected chi connectivity index (χ1v) is 6.36. The van der Waals surface area contributed by atoms with Crippen molar-refractivity contribution in [1.82, 2.24) is 5.32 Å². The number of ether oxygens (including phenoxy) is 1. The lowest BCUT2D eigenvalue weighted by Crippen LogP contribution is -2.46. The maximum Gasteiger partial charge on any atom is 0.407 e. The zero-order chi connectivity index (χ0) is 14.5. The quantitative estimate of drug-likeness (QED) is 0.745. The molecule has 1 unspecified atom stereocenters. The van der Waals surface area contributed by atoms with Crippen LogP contribution in [0.2, 0.25) is 0 Å². The fourth-order valence-corrected chi connectivity index (χ4v) is 1.58. The van der Waals surface area contributed by atoms with Gasteiger partial charge < -0.3 is 15.2 Å². The largest absolute Gasteiger partial charge is 0.444 e. The van der Waals surface area contributed by atoms with Gasteiger partial charge in [0.15, 0.2) is 0 Å². The number of alkyl carbamates (subject to hydrolysis) is 1.